The summed E-state index contributed by atoms with van der Waals surface area (Å²) in [6.45, 7) is 3.78. The third-order valence-corrected chi connectivity index (χ3v) is 3.78. The SMILES string of the molecule is O=C(CN1CCCNCC1)Nc1cc(Br)ccc1C(=O)O. The Kier molecular flexibility index (Phi) is 5.72. The maximum absolute atomic E-state index is 12.1. The Labute approximate surface area is 131 Å². The Hall–Kier alpha value is -1.44. The van der Waals surface area contributed by atoms with Gasteiger partial charge < -0.3 is 15.7 Å². The number of rotatable bonds is 4. The van der Waals surface area contributed by atoms with Crippen molar-refractivity contribution in [2.45, 2.75) is 6.42 Å². The molecule has 114 valence electrons. The second-order valence-corrected chi connectivity index (χ2v) is 5.84. The Balaban J connectivity index is 2.01. The largest absolute Gasteiger partial charge is 0.478 e. The average Bonchev–Trinajstić information content (AvgIpc) is 2.66. The summed E-state index contributed by atoms with van der Waals surface area (Å²) < 4.78 is 0.724. The molecular formula is C14H18BrN3O3. The van der Waals surface area contributed by atoms with Crippen molar-refractivity contribution in [3.05, 3.63) is 28.2 Å². The van der Waals surface area contributed by atoms with E-state index >= 15 is 0 Å². The van der Waals surface area contributed by atoms with Crippen LogP contribution in [0.5, 0.6) is 0 Å². The highest BCUT2D eigenvalue weighted by molar-refractivity contribution is 9.10. The highest BCUT2D eigenvalue weighted by atomic mass is 79.9. The van der Waals surface area contributed by atoms with Crippen LogP contribution in [0.15, 0.2) is 22.7 Å². The summed E-state index contributed by atoms with van der Waals surface area (Å²) in [5.41, 5.74) is 0.402. The Morgan fingerprint density at radius 2 is 2.14 bits per heavy atom. The second kappa shape index (κ2) is 7.53. The van der Waals surface area contributed by atoms with Crippen LogP contribution in [-0.4, -0.2) is 54.6 Å². The van der Waals surface area contributed by atoms with E-state index in [0.29, 0.717) is 5.69 Å². The van der Waals surface area contributed by atoms with Gasteiger partial charge in [-0.2, -0.15) is 0 Å². The first-order valence-electron chi connectivity index (χ1n) is 6.82. The molecule has 0 atom stereocenters. The molecule has 1 saturated heterocycles. The fraction of sp³-hybridized carbons (Fsp3) is 0.429. The van der Waals surface area contributed by atoms with Crippen LogP contribution in [-0.2, 0) is 4.79 Å². The minimum Gasteiger partial charge on any atom is -0.478 e. The molecule has 1 fully saturated rings. The molecule has 1 heterocycles. The molecule has 1 aromatic rings. The van der Waals surface area contributed by atoms with Crippen molar-refractivity contribution in [3.63, 3.8) is 0 Å². The third kappa shape index (κ3) is 4.80. The fourth-order valence-electron chi connectivity index (χ4n) is 2.26. The number of carbonyl (C=O) groups is 2. The van der Waals surface area contributed by atoms with Gasteiger partial charge >= 0.3 is 5.97 Å². The van der Waals surface area contributed by atoms with Gasteiger partial charge in [-0.1, -0.05) is 15.9 Å². The standard InChI is InChI=1S/C14H18BrN3O3/c15-10-2-3-11(14(20)21)12(8-10)17-13(19)9-18-6-1-4-16-5-7-18/h2-3,8,16H,1,4-7,9H2,(H,17,19)(H,20,21). The smallest absolute Gasteiger partial charge is 0.337 e. The number of nitrogens with zero attached hydrogens (tertiary/aromatic N) is 1. The van der Waals surface area contributed by atoms with Crippen molar-refractivity contribution in [1.82, 2.24) is 10.2 Å². The van der Waals surface area contributed by atoms with E-state index in [-0.39, 0.29) is 18.0 Å². The quantitative estimate of drug-likeness (QED) is 0.760. The molecule has 6 nitrogen and oxygen atoms in total. The molecule has 0 radical (unpaired) electrons. The van der Waals surface area contributed by atoms with Gasteiger partial charge in [-0.3, -0.25) is 9.69 Å². The number of amides is 1. The predicted octanol–water partition coefficient (Wildman–Crippen LogP) is 1.38. The van der Waals surface area contributed by atoms with Gasteiger partial charge in [-0.25, -0.2) is 4.79 Å². The summed E-state index contributed by atoms with van der Waals surface area (Å²) in [7, 11) is 0. The van der Waals surface area contributed by atoms with E-state index in [1.54, 1.807) is 12.1 Å². The molecule has 0 aliphatic carbocycles. The first-order valence-corrected chi connectivity index (χ1v) is 7.61. The lowest BCUT2D eigenvalue weighted by Gasteiger charge is -2.19. The highest BCUT2D eigenvalue weighted by Crippen LogP contribution is 2.21. The van der Waals surface area contributed by atoms with Crippen molar-refractivity contribution in [3.8, 4) is 0 Å². The van der Waals surface area contributed by atoms with Crippen LogP contribution in [0.4, 0.5) is 5.69 Å². The Morgan fingerprint density at radius 3 is 2.90 bits per heavy atom. The number of carbonyl (C=O) groups excluding carboxylic acids is 1. The first kappa shape index (κ1) is 15.9. The lowest BCUT2D eigenvalue weighted by molar-refractivity contribution is -0.117. The molecular weight excluding hydrogens is 338 g/mol. The molecule has 7 heteroatoms. The van der Waals surface area contributed by atoms with E-state index in [4.69, 9.17) is 5.11 Å². The number of carboxylic acids is 1. The molecule has 0 unspecified atom stereocenters. The molecule has 1 aliphatic rings. The summed E-state index contributed by atoms with van der Waals surface area (Å²) >= 11 is 3.28. The van der Waals surface area contributed by atoms with Gasteiger partial charge in [-0.05, 0) is 37.7 Å². The molecule has 21 heavy (non-hydrogen) atoms. The number of anilines is 1. The Morgan fingerprint density at radius 1 is 1.33 bits per heavy atom. The van der Waals surface area contributed by atoms with E-state index in [0.717, 1.165) is 37.1 Å². The van der Waals surface area contributed by atoms with Gasteiger partial charge in [0.1, 0.15) is 0 Å². The van der Waals surface area contributed by atoms with Crippen LogP contribution in [0.3, 0.4) is 0 Å². The molecule has 3 N–H and O–H groups in total. The number of benzene rings is 1. The maximum atomic E-state index is 12.1. The van der Waals surface area contributed by atoms with Crippen LogP contribution < -0.4 is 10.6 Å². The third-order valence-electron chi connectivity index (χ3n) is 3.29. The van der Waals surface area contributed by atoms with Gasteiger partial charge in [0.2, 0.25) is 5.91 Å². The summed E-state index contributed by atoms with van der Waals surface area (Å²) in [5.74, 6) is -1.26. The van der Waals surface area contributed by atoms with E-state index in [2.05, 4.69) is 31.5 Å². The lowest BCUT2D eigenvalue weighted by Crippen LogP contribution is -2.35. The van der Waals surface area contributed by atoms with E-state index in [1.165, 1.54) is 6.07 Å². The number of aromatic carboxylic acids is 1. The monoisotopic (exact) mass is 355 g/mol. The van der Waals surface area contributed by atoms with Crippen LogP contribution in [0, 0.1) is 0 Å². The van der Waals surface area contributed by atoms with Crippen LogP contribution in [0.2, 0.25) is 0 Å². The zero-order valence-corrected chi connectivity index (χ0v) is 13.1. The molecule has 0 aromatic heterocycles. The molecule has 0 spiro atoms. The van der Waals surface area contributed by atoms with Gasteiger partial charge in [0.05, 0.1) is 17.8 Å². The van der Waals surface area contributed by atoms with Crippen molar-refractivity contribution in [2.24, 2.45) is 0 Å². The summed E-state index contributed by atoms with van der Waals surface area (Å²) in [6, 6.07) is 4.71. The number of nitrogens with one attached hydrogen (secondary N) is 2. The zero-order valence-electron chi connectivity index (χ0n) is 11.6. The molecule has 1 aliphatic heterocycles. The number of halogens is 1. The lowest BCUT2D eigenvalue weighted by atomic mass is 10.2. The number of hydrogen-bond donors (Lipinski definition) is 3. The van der Waals surface area contributed by atoms with Crippen molar-refractivity contribution in [2.75, 3.05) is 38.0 Å². The maximum Gasteiger partial charge on any atom is 0.337 e. The minimum atomic E-state index is -1.06. The second-order valence-electron chi connectivity index (χ2n) is 4.92. The zero-order chi connectivity index (χ0) is 15.2. The number of carboxylic acid groups (broad SMARTS) is 1. The van der Waals surface area contributed by atoms with E-state index in [1.807, 2.05) is 0 Å². The highest BCUT2D eigenvalue weighted by Gasteiger charge is 2.16. The molecule has 0 saturated carbocycles. The molecule has 2 rings (SSSR count). The van der Waals surface area contributed by atoms with Gasteiger partial charge in [-0.15, -0.1) is 0 Å². The van der Waals surface area contributed by atoms with E-state index < -0.39 is 5.97 Å². The fourth-order valence-corrected chi connectivity index (χ4v) is 2.62. The Bertz CT molecular complexity index is 528. The summed E-state index contributed by atoms with van der Waals surface area (Å²) in [4.78, 5) is 25.3. The minimum absolute atomic E-state index is 0.0871. The normalized spacial score (nSPS) is 16.2. The van der Waals surface area contributed by atoms with Crippen LogP contribution in [0.1, 0.15) is 16.8 Å². The predicted molar refractivity (Wildman–Crippen MR) is 83.7 cm³/mol. The summed E-state index contributed by atoms with van der Waals surface area (Å²) in [6.07, 6.45) is 1.00. The van der Waals surface area contributed by atoms with Crippen molar-refractivity contribution >= 4 is 33.5 Å². The van der Waals surface area contributed by atoms with Crippen molar-refractivity contribution < 1.29 is 14.7 Å². The topological polar surface area (TPSA) is 81.7 Å². The van der Waals surface area contributed by atoms with Gasteiger partial charge in [0.15, 0.2) is 0 Å². The van der Waals surface area contributed by atoms with E-state index in [9.17, 15) is 9.59 Å². The average molecular weight is 356 g/mol. The number of hydrogen-bond acceptors (Lipinski definition) is 4. The van der Waals surface area contributed by atoms with Gasteiger partial charge in [0.25, 0.3) is 0 Å². The van der Waals surface area contributed by atoms with Crippen LogP contribution in [0.25, 0.3) is 0 Å². The molecule has 1 aromatic carbocycles. The molecule has 0 bridgehead atoms. The van der Waals surface area contributed by atoms with Crippen LogP contribution >= 0.6 is 15.9 Å². The first-order chi connectivity index (χ1) is 10.1. The van der Waals surface area contributed by atoms with Crippen molar-refractivity contribution in [1.29, 1.82) is 0 Å². The summed E-state index contributed by atoms with van der Waals surface area (Å²) in [5, 5.41) is 15.1. The van der Waals surface area contributed by atoms with Gasteiger partial charge in [0, 0.05) is 17.6 Å². The molecule has 1 amide bonds.